The fraction of sp³-hybridized carbons (Fsp3) is 0.316. The number of ether oxygens (including phenoxy) is 1. The molecule has 0 saturated heterocycles. The minimum atomic E-state index is -0.686. The first kappa shape index (κ1) is 18.3. The third-order valence-electron chi connectivity index (χ3n) is 4.89. The van der Waals surface area contributed by atoms with Crippen molar-refractivity contribution in [2.45, 2.75) is 39.2 Å². The monoisotopic (exact) mass is 399 g/mol. The summed E-state index contributed by atoms with van der Waals surface area (Å²) in [4.78, 5) is 41.7. The molecule has 3 aromatic rings. The van der Waals surface area contributed by atoms with E-state index in [9.17, 15) is 19.7 Å². The van der Waals surface area contributed by atoms with E-state index in [0.29, 0.717) is 10.7 Å². The highest BCUT2D eigenvalue weighted by Gasteiger charge is 2.21. The first-order valence-corrected chi connectivity index (χ1v) is 9.71. The van der Waals surface area contributed by atoms with Gasteiger partial charge in [-0.1, -0.05) is 6.07 Å². The molecule has 0 amide bonds. The van der Waals surface area contributed by atoms with Crippen molar-refractivity contribution in [2.24, 2.45) is 0 Å². The van der Waals surface area contributed by atoms with Crippen molar-refractivity contribution in [3.8, 4) is 0 Å². The highest BCUT2D eigenvalue weighted by molar-refractivity contribution is 7.17. The quantitative estimate of drug-likeness (QED) is 0.379. The molecule has 0 spiro atoms. The average Bonchev–Trinajstić information content (AvgIpc) is 3.05. The number of benzene rings is 1. The fourth-order valence-electron chi connectivity index (χ4n) is 3.48. The summed E-state index contributed by atoms with van der Waals surface area (Å²) in [6.45, 7) is 1.33. The number of hydrogen-bond acceptors (Lipinski definition) is 7. The summed E-state index contributed by atoms with van der Waals surface area (Å²) in [5.41, 5.74) is 1.45. The molecule has 0 saturated carbocycles. The second-order valence-corrected chi connectivity index (χ2v) is 7.73. The Morgan fingerprint density at radius 1 is 1.36 bits per heavy atom. The van der Waals surface area contributed by atoms with Crippen molar-refractivity contribution in [2.75, 3.05) is 0 Å². The number of hydrogen-bond donors (Lipinski definition) is 0. The Bertz CT molecular complexity index is 1160. The first-order valence-electron chi connectivity index (χ1n) is 8.90. The third kappa shape index (κ3) is 3.18. The Kier molecular flexibility index (Phi) is 4.68. The van der Waals surface area contributed by atoms with E-state index in [4.69, 9.17) is 4.74 Å². The second-order valence-electron chi connectivity index (χ2n) is 6.67. The third-order valence-corrected chi connectivity index (χ3v) is 6.03. The van der Waals surface area contributed by atoms with E-state index in [1.165, 1.54) is 47.4 Å². The molecule has 0 fully saturated rings. The van der Waals surface area contributed by atoms with Gasteiger partial charge in [-0.3, -0.25) is 19.3 Å². The van der Waals surface area contributed by atoms with E-state index in [1.54, 1.807) is 4.40 Å². The van der Waals surface area contributed by atoms with Crippen LogP contribution in [0.2, 0.25) is 0 Å². The van der Waals surface area contributed by atoms with E-state index in [1.807, 2.05) is 0 Å². The maximum atomic E-state index is 12.5. The van der Waals surface area contributed by atoms with Crippen LogP contribution in [-0.2, 0) is 24.2 Å². The zero-order valence-electron chi connectivity index (χ0n) is 15.1. The molecule has 1 aromatic carbocycles. The van der Waals surface area contributed by atoms with Gasteiger partial charge in [0, 0.05) is 28.3 Å². The van der Waals surface area contributed by atoms with Gasteiger partial charge in [0.15, 0.2) is 4.96 Å². The van der Waals surface area contributed by atoms with Gasteiger partial charge in [0.05, 0.1) is 16.2 Å². The molecule has 0 N–H and O–H groups in total. The molecule has 4 rings (SSSR count). The first-order chi connectivity index (χ1) is 13.5. The molecule has 144 valence electrons. The van der Waals surface area contributed by atoms with Crippen LogP contribution < -0.4 is 5.56 Å². The van der Waals surface area contributed by atoms with Gasteiger partial charge in [-0.15, -0.1) is 11.3 Å². The molecule has 28 heavy (non-hydrogen) atoms. The second kappa shape index (κ2) is 7.16. The molecule has 1 aliphatic rings. The predicted octanol–water partition coefficient (Wildman–Crippen LogP) is 3.21. The van der Waals surface area contributed by atoms with Gasteiger partial charge in [0.2, 0.25) is 0 Å². The van der Waals surface area contributed by atoms with Gasteiger partial charge >= 0.3 is 5.97 Å². The molecule has 0 atom stereocenters. The molecule has 0 unspecified atom stereocenters. The predicted molar refractivity (Wildman–Crippen MR) is 103 cm³/mol. The smallest absolute Gasteiger partial charge is 0.339 e. The number of aryl methyl sites for hydroxylation is 2. The van der Waals surface area contributed by atoms with Crippen LogP contribution in [0.5, 0.6) is 0 Å². The summed E-state index contributed by atoms with van der Waals surface area (Å²) in [5, 5.41) is 11.0. The van der Waals surface area contributed by atoms with Crippen molar-refractivity contribution in [1.82, 2.24) is 9.38 Å². The molecule has 2 aromatic heterocycles. The lowest BCUT2D eigenvalue weighted by Gasteiger charge is -2.10. The Hall–Kier alpha value is -3.07. The maximum absolute atomic E-state index is 12.5. The molecule has 2 heterocycles. The normalized spacial score (nSPS) is 13.3. The summed E-state index contributed by atoms with van der Waals surface area (Å²) < 4.78 is 6.92. The maximum Gasteiger partial charge on any atom is 0.339 e. The Morgan fingerprint density at radius 3 is 2.93 bits per heavy atom. The molecule has 9 heteroatoms. The Morgan fingerprint density at radius 2 is 2.14 bits per heavy atom. The zero-order chi connectivity index (χ0) is 19.8. The average molecular weight is 399 g/mol. The van der Waals surface area contributed by atoms with Crippen molar-refractivity contribution < 1.29 is 14.5 Å². The van der Waals surface area contributed by atoms with Gasteiger partial charge in [-0.05, 0) is 38.7 Å². The van der Waals surface area contributed by atoms with Gasteiger partial charge < -0.3 is 4.74 Å². The number of carbonyl (C=O) groups is 1. The van der Waals surface area contributed by atoms with E-state index in [2.05, 4.69) is 4.98 Å². The lowest BCUT2D eigenvalue weighted by Crippen LogP contribution is -2.18. The Labute approximate surface area is 163 Å². The molecule has 8 nitrogen and oxygen atoms in total. The van der Waals surface area contributed by atoms with Crippen LogP contribution in [0, 0.1) is 17.0 Å². The number of rotatable bonds is 4. The fourth-order valence-corrected chi connectivity index (χ4v) is 4.71. The molecule has 0 aliphatic heterocycles. The highest BCUT2D eigenvalue weighted by Crippen LogP contribution is 2.28. The van der Waals surface area contributed by atoms with Crippen LogP contribution in [0.25, 0.3) is 4.96 Å². The summed E-state index contributed by atoms with van der Waals surface area (Å²) in [6, 6.07) is 5.63. The minimum absolute atomic E-state index is 0.124. The summed E-state index contributed by atoms with van der Waals surface area (Å²) in [7, 11) is 0. The van der Waals surface area contributed by atoms with Crippen LogP contribution in [0.4, 0.5) is 5.69 Å². The minimum Gasteiger partial charge on any atom is -0.456 e. The van der Waals surface area contributed by atoms with Crippen LogP contribution in [0.3, 0.4) is 0 Å². The highest BCUT2D eigenvalue weighted by atomic mass is 32.1. The molecular formula is C19H17N3O5S. The van der Waals surface area contributed by atoms with Crippen molar-refractivity contribution in [3.05, 3.63) is 72.1 Å². The van der Waals surface area contributed by atoms with E-state index in [-0.39, 0.29) is 29.0 Å². The van der Waals surface area contributed by atoms with Crippen molar-refractivity contribution in [3.63, 3.8) is 0 Å². The van der Waals surface area contributed by atoms with Crippen LogP contribution in [0.1, 0.15) is 45.0 Å². The summed E-state index contributed by atoms with van der Waals surface area (Å²) in [6.07, 6.45) is 4.01. The lowest BCUT2D eigenvalue weighted by atomic mass is 10.0. The molecule has 0 bridgehead atoms. The largest absolute Gasteiger partial charge is 0.456 e. The SMILES string of the molecule is Cc1c(C(=O)OCc2cc(=O)n3c4c(sc3n2)CCCC4)cccc1[N+](=O)[O-]. The van der Waals surface area contributed by atoms with Crippen LogP contribution >= 0.6 is 11.3 Å². The van der Waals surface area contributed by atoms with Crippen LogP contribution in [0.15, 0.2) is 29.1 Å². The topological polar surface area (TPSA) is 104 Å². The Balaban J connectivity index is 1.58. The lowest BCUT2D eigenvalue weighted by molar-refractivity contribution is -0.385. The van der Waals surface area contributed by atoms with Gasteiger partial charge in [0.1, 0.15) is 6.61 Å². The number of aromatic nitrogens is 2. The summed E-state index contributed by atoms with van der Waals surface area (Å²) in [5.74, 6) is -0.686. The number of esters is 1. The van der Waals surface area contributed by atoms with E-state index >= 15 is 0 Å². The number of nitrogens with zero attached hydrogens (tertiary/aromatic N) is 3. The van der Waals surface area contributed by atoms with Gasteiger partial charge in [0.25, 0.3) is 11.2 Å². The molecule has 0 radical (unpaired) electrons. The van der Waals surface area contributed by atoms with Gasteiger partial charge in [-0.2, -0.15) is 0 Å². The van der Waals surface area contributed by atoms with Crippen molar-refractivity contribution >= 4 is 28.0 Å². The standard InChI is InChI=1S/C19H17N3O5S/c1-11-13(5-4-7-14(11)22(25)26)18(24)27-10-12-9-17(23)21-15-6-2-3-8-16(15)28-19(21)20-12/h4-5,7,9H,2-3,6,8,10H2,1H3. The number of thiazole rings is 1. The number of carbonyl (C=O) groups excluding carboxylic acids is 1. The number of fused-ring (bicyclic) bond motifs is 3. The zero-order valence-corrected chi connectivity index (χ0v) is 16.0. The van der Waals surface area contributed by atoms with Gasteiger partial charge in [-0.25, -0.2) is 9.78 Å². The van der Waals surface area contributed by atoms with Crippen molar-refractivity contribution in [1.29, 1.82) is 0 Å². The summed E-state index contributed by atoms with van der Waals surface area (Å²) >= 11 is 1.50. The van der Waals surface area contributed by atoms with E-state index in [0.717, 1.165) is 31.4 Å². The number of nitro benzene ring substituents is 1. The van der Waals surface area contributed by atoms with Crippen LogP contribution in [-0.4, -0.2) is 20.3 Å². The van der Waals surface area contributed by atoms with E-state index < -0.39 is 10.9 Å². The molecule has 1 aliphatic carbocycles. The number of nitro groups is 1. The molecular weight excluding hydrogens is 382 g/mol.